The van der Waals surface area contributed by atoms with E-state index in [0.29, 0.717) is 13.0 Å². The number of ether oxygens (including phenoxy) is 1. The Morgan fingerprint density at radius 2 is 2.04 bits per heavy atom. The van der Waals surface area contributed by atoms with Crippen molar-refractivity contribution in [2.75, 3.05) is 18.9 Å². The molecule has 0 saturated carbocycles. The fourth-order valence-corrected chi connectivity index (χ4v) is 3.68. The second-order valence-corrected chi connectivity index (χ2v) is 6.54. The summed E-state index contributed by atoms with van der Waals surface area (Å²) in [4.78, 5) is 0. The number of benzene rings is 1. The van der Waals surface area contributed by atoms with E-state index in [1.165, 1.54) is 18.6 Å². The van der Waals surface area contributed by atoms with E-state index in [9.17, 15) is 4.39 Å². The Morgan fingerprint density at radius 3 is 2.71 bits per heavy atom. The number of hydrogen-bond acceptors (Lipinski definition) is 5. The highest BCUT2D eigenvalue weighted by Crippen LogP contribution is 2.26. The number of hydrogen-bond donors (Lipinski definition) is 1. The summed E-state index contributed by atoms with van der Waals surface area (Å²) < 4.78 is 20.9. The molecule has 5 nitrogen and oxygen atoms in total. The molecule has 0 amide bonds. The lowest BCUT2D eigenvalue weighted by molar-refractivity contribution is 0.0315. The van der Waals surface area contributed by atoms with Gasteiger partial charge in [0.25, 0.3) is 0 Å². The summed E-state index contributed by atoms with van der Waals surface area (Å²) in [6.45, 7) is 1.34. The largest absolute Gasteiger partial charge is 0.377 e. The zero-order valence-electron chi connectivity index (χ0n) is 13.4. The lowest BCUT2D eigenvalue weighted by Gasteiger charge is -2.22. The summed E-state index contributed by atoms with van der Waals surface area (Å²) in [6.07, 6.45) is 4.35. The Hall–Kier alpha value is -1.15. The van der Waals surface area contributed by atoms with E-state index in [0.717, 1.165) is 41.9 Å². The molecule has 24 heavy (non-hydrogen) atoms. The van der Waals surface area contributed by atoms with Gasteiger partial charge < -0.3 is 10.5 Å². The number of nitrogens with two attached hydrogens (primary N) is 1. The highest BCUT2D eigenvalue weighted by atomic mass is 35.5. The van der Waals surface area contributed by atoms with Crippen molar-refractivity contribution in [1.82, 2.24) is 14.8 Å². The number of nitrogens with zero attached hydrogens (tertiary/aromatic N) is 3. The fraction of sp³-hybridized carbons (Fsp3) is 0.500. The van der Waals surface area contributed by atoms with Gasteiger partial charge in [0.05, 0.1) is 6.10 Å². The molecule has 0 bridgehead atoms. The zero-order chi connectivity index (χ0) is 16.1. The van der Waals surface area contributed by atoms with Crippen LogP contribution in [0.15, 0.2) is 29.4 Å². The molecule has 1 aliphatic rings. The van der Waals surface area contributed by atoms with Gasteiger partial charge in [-0.3, -0.25) is 4.57 Å². The van der Waals surface area contributed by atoms with Crippen molar-refractivity contribution in [3.05, 3.63) is 35.9 Å². The van der Waals surface area contributed by atoms with Crippen LogP contribution in [0.5, 0.6) is 0 Å². The third kappa shape index (κ3) is 4.69. The van der Waals surface area contributed by atoms with E-state index < -0.39 is 0 Å². The summed E-state index contributed by atoms with van der Waals surface area (Å²) in [5, 5.41) is 9.34. The van der Waals surface area contributed by atoms with Crippen LogP contribution in [0.25, 0.3) is 5.69 Å². The van der Waals surface area contributed by atoms with Gasteiger partial charge in [0.2, 0.25) is 0 Å². The molecule has 1 unspecified atom stereocenters. The Kier molecular flexibility index (Phi) is 7.48. The monoisotopic (exact) mass is 372 g/mol. The Balaban J connectivity index is 0.00000208. The smallest absolute Gasteiger partial charge is 0.195 e. The van der Waals surface area contributed by atoms with Crippen molar-refractivity contribution < 1.29 is 9.13 Å². The zero-order valence-corrected chi connectivity index (χ0v) is 15.0. The number of aromatic nitrogens is 3. The maximum absolute atomic E-state index is 13.2. The van der Waals surface area contributed by atoms with Gasteiger partial charge >= 0.3 is 0 Å². The van der Waals surface area contributed by atoms with Crippen LogP contribution in [-0.4, -0.2) is 39.8 Å². The predicted octanol–water partition coefficient (Wildman–Crippen LogP) is 2.99. The Bertz CT molecular complexity index is 632. The quantitative estimate of drug-likeness (QED) is 0.789. The molecule has 1 saturated heterocycles. The highest BCUT2D eigenvalue weighted by molar-refractivity contribution is 7.99. The normalized spacial score (nSPS) is 17.5. The lowest BCUT2D eigenvalue weighted by Crippen LogP contribution is -2.21. The van der Waals surface area contributed by atoms with Crippen LogP contribution in [0.1, 0.15) is 25.1 Å². The van der Waals surface area contributed by atoms with Gasteiger partial charge in [-0.1, -0.05) is 11.8 Å². The number of thioether (sulfide) groups is 1. The first-order valence-electron chi connectivity index (χ1n) is 7.92. The minimum Gasteiger partial charge on any atom is -0.377 e. The predicted molar refractivity (Wildman–Crippen MR) is 95.6 cm³/mol. The van der Waals surface area contributed by atoms with E-state index in [1.54, 1.807) is 23.9 Å². The average Bonchev–Trinajstić information content (AvgIpc) is 2.98. The van der Waals surface area contributed by atoms with Gasteiger partial charge in [0, 0.05) is 24.5 Å². The summed E-state index contributed by atoms with van der Waals surface area (Å²) in [6, 6.07) is 6.36. The van der Waals surface area contributed by atoms with E-state index >= 15 is 0 Å². The molecule has 0 radical (unpaired) electrons. The van der Waals surface area contributed by atoms with Crippen LogP contribution < -0.4 is 5.73 Å². The number of halogens is 2. The van der Waals surface area contributed by atoms with Crippen LogP contribution in [-0.2, 0) is 11.2 Å². The molecule has 1 aliphatic heterocycles. The van der Waals surface area contributed by atoms with Crippen LogP contribution in [0, 0.1) is 5.82 Å². The molecule has 2 aromatic rings. The second kappa shape index (κ2) is 9.36. The first kappa shape index (κ1) is 19.2. The third-order valence-electron chi connectivity index (χ3n) is 3.83. The summed E-state index contributed by atoms with van der Waals surface area (Å²) in [5.41, 5.74) is 6.52. The molecule has 8 heteroatoms. The minimum absolute atomic E-state index is 0. The van der Waals surface area contributed by atoms with Crippen LogP contribution >= 0.6 is 24.2 Å². The molecule has 2 N–H and O–H groups in total. The topological polar surface area (TPSA) is 66.0 Å². The molecule has 1 aromatic carbocycles. The van der Waals surface area contributed by atoms with Gasteiger partial charge in [0.1, 0.15) is 11.6 Å². The van der Waals surface area contributed by atoms with Crippen molar-refractivity contribution in [2.45, 2.75) is 36.9 Å². The van der Waals surface area contributed by atoms with Crippen molar-refractivity contribution in [1.29, 1.82) is 0 Å². The Labute approximate surface area is 151 Å². The second-order valence-electron chi connectivity index (χ2n) is 5.55. The van der Waals surface area contributed by atoms with Crippen LogP contribution in [0.3, 0.4) is 0 Å². The summed E-state index contributed by atoms with van der Waals surface area (Å²) in [5.74, 6) is 1.39. The molecular weight excluding hydrogens is 351 g/mol. The molecule has 0 aliphatic carbocycles. The third-order valence-corrected chi connectivity index (χ3v) is 4.89. The van der Waals surface area contributed by atoms with Crippen molar-refractivity contribution in [3.8, 4) is 5.69 Å². The molecule has 1 aromatic heterocycles. The molecule has 1 fully saturated rings. The van der Waals surface area contributed by atoms with Crippen molar-refractivity contribution >= 4 is 24.2 Å². The lowest BCUT2D eigenvalue weighted by atomic mass is 10.1. The molecule has 0 spiro atoms. The summed E-state index contributed by atoms with van der Waals surface area (Å²) >= 11 is 1.63. The van der Waals surface area contributed by atoms with E-state index in [2.05, 4.69) is 10.2 Å². The SMILES string of the molecule is Cl.NCCc1nnc(SCC2CCCCO2)n1-c1ccc(F)cc1. The van der Waals surface area contributed by atoms with Crippen LogP contribution in [0.2, 0.25) is 0 Å². The van der Waals surface area contributed by atoms with Gasteiger partial charge in [-0.05, 0) is 50.1 Å². The van der Waals surface area contributed by atoms with Gasteiger partial charge in [0.15, 0.2) is 5.16 Å². The highest BCUT2D eigenvalue weighted by Gasteiger charge is 2.18. The maximum Gasteiger partial charge on any atom is 0.195 e. The van der Waals surface area contributed by atoms with E-state index in [-0.39, 0.29) is 24.3 Å². The van der Waals surface area contributed by atoms with Crippen LogP contribution in [0.4, 0.5) is 4.39 Å². The molecule has 2 heterocycles. The molecule has 3 rings (SSSR count). The average molecular weight is 373 g/mol. The molecule has 1 atom stereocenters. The minimum atomic E-state index is -0.257. The number of rotatable bonds is 6. The maximum atomic E-state index is 13.2. The summed E-state index contributed by atoms with van der Waals surface area (Å²) in [7, 11) is 0. The molecule has 132 valence electrons. The Morgan fingerprint density at radius 1 is 1.25 bits per heavy atom. The first-order valence-corrected chi connectivity index (χ1v) is 8.91. The van der Waals surface area contributed by atoms with E-state index in [1.807, 2.05) is 4.57 Å². The van der Waals surface area contributed by atoms with E-state index in [4.69, 9.17) is 10.5 Å². The fourth-order valence-electron chi connectivity index (χ4n) is 2.64. The van der Waals surface area contributed by atoms with Gasteiger partial charge in [-0.15, -0.1) is 22.6 Å². The molecular formula is C16H22ClFN4OS. The first-order chi connectivity index (χ1) is 11.3. The van der Waals surface area contributed by atoms with Crippen molar-refractivity contribution in [3.63, 3.8) is 0 Å². The van der Waals surface area contributed by atoms with Gasteiger partial charge in [-0.25, -0.2) is 4.39 Å². The van der Waals surface area contributed by atoms with Gasteiger partial charge in [-0.2, -0.15) is 0 Å². The standard InChI is InChI=1S/C16H21FN4OS.ClH/c17-12-4-6-13(7-5-12)21-15(8-9-18)19-20-16(21)23-11-14-3-1-2-10-22-14;/h4-7,14H,1-3,8-11,18H2;1H. The van der Waals surface area contributed by atoms with Crippen molar-refractivity contribution in [2.24, 2.45) is 5.73 Å².